The monoisotopic (exact) mass is 845 g/mol. The summed E-state index contributed by atoms with van der Waals surface area (Å²) in [5.74, 6) is -0.872. The van der Waals surface area contributed by atoms with Gasteiger partial charge >= 0.3 is 12.1 Å². The van der Waals surface area contributed by atoms with Crippen LogP contribution in [0, 0.1) is 16.2 Å². The fourth-order valence-corrected chi connectivity index (χ4v) is 10.9. The predicted molar refractivity (Wildman–Crippen MR) is 223 cm³/mol. The number of amides is 1. The van der Waals surface area contributed by atoms with E-state index in [1.807, 2.05) is 52.8 Å². The van der Waals surface area contributed by atoms with Crippen LogP contribution in [-0.2, 0) is 33.5 Å². The molecule has 1 saturated heterocycles. The molecule has 1 amide bonds. The molecule has 4 aliphatic carbocycles. The minimum Gasteiger partial charge on any atom is -0.497 e. The third-order valence-corrected chi connectivity index (χ3v) is 15.4. The average molecular weight is 846 g/mol. The van der Waals surface area contributed by atoms with Gasteiger partial charge in [-0.1, -0.05) is 56.7 Å². The lowest BCUT2D eigenvalue weighted by Gasteiger charge is -2.47. The van der Waals surface area contributed by atoms with Crippen molar-refractivity contribution in [1.82, 2.24) is 4.90 Å². The molecule has 328 valence electrons. The van der Waals surface area contributed by atoms with Crippen LogP contribution in [-0.4, -0.2) is 70.8 Å². The molecule has 4 bridgehead atoms. The van der Waals surface area contributed by atoms with Crippen LogP contribution in [0.1, 0.15) is 130 Å². The Morgan fingerprint density at radius 2 is 1.69 bits per heavy atom. The minimum absolute atomic E-state index is 0.0104. The highest BCUT2D eigenvalue weighted by molar-refractivity contribution is 6.10. The Morgan fingerprint density at radius 1 is 0.934 bits per heavy atom. The number of carbonyl (C=O) groups excluding carboxylic acids is 3. The van der Waals surface area contributed by atoms with Gasteiger partial charge in [0.1, 0.15) is 11.5 Å². The van der Waals surface area contributed by atoms with Gasteiger partial charge in [-0.3, -0.25) is 14.4 Å². The van der Waals surface area contributed by atoms with Crippen molar-refractivity contribution in [3.8, 4) is 11.5 Å². The number of esters is 1. The molecule has 3 aromatic carbocycles. The van der Waals surface area contributed by atoms with Crippen LogP contribution >= 0.6 is 0 Å². The van der Waals surface area contributed by atoms with Crippen molar-refractivity contribution < 1.29 is 52.0 Å². The van der Waals surface area contributed by atoms with Crippen LogP contribution in [0.4, 0.5) is 13.2 Å². The van der Waals surface area contributed by atoms with E-state index >= 15 is 4.79 Å². The Kier molecular flexibility index (Phi) is 11.6. The summed E-state index contributed by atoms with van der Waals surface area (Å²) in [6, 6.07) is 15.1. The summed E-state index contributed by atoms with van der Waals surface area (Å²) in [7, 11) is 3.07. The first-order valence-corrected chi connectivity index (χ1v) is 21.3. The summed E-state index contributed by atoms with van der Waals surface area (Å²) in [5.41, 5.74) is -3.65. The number of carbonyl (C=O) groups is 3. The number of rotatable bonds is 9. The zero-order chi connectivity index (χ0) is 44.3. The number of benzene rings is 3. The number of aliphatic hydroxyl groups is 2. The van der Waals surface area contributed by atoms with Gasteiger partial charge in [-0.25, -0.2) is 0 Å². The highest BCUT2D eigenvalue weighted by Gasteiger charge is 2.76. The number of aliphatic hydroxyl groups excluding tert-OH is 1. The summed E-state index contributed by atoms with van der Waals surface area (Å²) >= 11 is 0. The van der Waals surface area contributed by atoms with E-state index in [2.05, 4.69) is 6.08 Å². The number of methoxy groups -OCH3 is 2. The predicted octanol–water partition coefficient (Wildman–Crippen LogP) is 9.14. The zero-order valence-corrected chi connectivity index (χ0v) is 36.2. The summed E-state index contributed by atoms with van der Waals surface area (Å²) in [4.78, 5) is 45.0. The number of fused-ring (bicyclic) bond motifs is 10. The molecule has 61 heavy (non-hydrogen) atoms. The molecule has 8 rings (SSSR count). The SMILES string of the molecule is COc1ccc(CN(C[C@]2(O)CC[C@H]3c4ccc(cc4C(=O)c4cccc(C(F)(F)F)c4)C[C@@H](O)CCC(C)=CCC[C@@]32C)C(=O)[C@@]23CC[C@@](C)(C(=O)O2)C3(C)C)c(OC)c1. The van der Waals surface area contributed by atoms with Gasteiger partial charge in [0.25, 0.3) is 5.91 Å². The molecule has 12 heteroatoms. The van der Waals surface area contributed by atoms with Crippen molar-refractivity contribution in [2.24, 2.45) is 16.2 Å². The highest BCUT2D eigenvalue weighted by Crippen LogP contribution is 2.66. The third kappa shape index (κ3) is 7.45. The first kappa shape index (κ1) is 44.4. The first-order valence-electron chi connectivity index (χ1n) is 21.3. The molecule has 2 saturated carbocycles. The van der Waals surface area contributed by atoms with E-state index in [1.165, 1.54) is 19.2 Å². The molecule has 0 aromatic heterocycles. The molecule has 3 fully saturated rings. The van der Waals surface area contributed by atoms with Crippen molar-refractivity contribution in [1.29, 1.82) is 0 Å². The average Bonchev–Trinajstić information content (AvgIpc) is 3.66. The molecule has 0 radical (unpaired) electrons. The van der Waals surface area contributed by atoms with Crippen molar-refractivity contribution in [2.45, 2.75) is 128 Å². The number of hydrogen-bond acceptors (Lipinski definition) is 8. The molecule has 0 unspecified atom stereocenters. The number of ether oxygens (including phenoxy) is 3. The number of hydrogen-bond donors (Lipinski definition) is 2. The Bertz CT molecular complexity index is 2250. The largest absolute Gasteiger partial charge is 0.497 e. The second kappa shape index (κ2) is 15.9. The Morgan fingerprint density at radius 3 is 2.34 bits per heavy atom. The number of ketones is 1. The summed E-state index contributed by atoms with van der Waals surface area (Å²) < 4.78 is 59.1. The number of halogens is 3. The van der Waals surface area contributed by atoms with Gasteiger partial charge in [-0.15, -0.1) is 0 Å². The molecule has 1 heterocycles. The van der Waals surface area contributed by atoms with Crippen LogP contribution in [0.15, 0.2) is 72.3 Å². The van der Waals surface area contributed by atoms with Crippen LogP contribution in [0.3, 0.4) is 0 Å². The summed E-state index contributed by atoms with van der Waals surface area (Å²) in [6.45, 7) is 9.50. The van der Waals surface area contributed by atoms with Gasteiger partial charge < -0.3 is 29.3 Å². The molecular formula is C49H58F3NO8. The maximum absolute atomic E-state index is 15.4. The van der Waals surface area contributed by atoms with E-state index in [1.54, 1.807) is 30.2 Å². The normalized spacial score (nSPS) is 29.6. The van der Waals surface area contributed by atoms with Crippen LogP contribution < -0.4 is 9.47 Å². The summed E-state index contributed by atoms with van der Waals surface area (Å²) in [5, 5.41) is 24.4. The van der Waals surface area contributed by atoms with E-state index < -0.39 is 68.9 Å². The van der Waals surface area contributed by atoms with Gasteiger partial charge in [-0.2, -0.15) is 13.2 Å². The lowest BCUT2D eigenvalue weighted by Crippen LogP contribution is -2.60. The Labute approximate surface area is 356 Å². The number of allylic oxidation sites excluding steroid dienone is 2. The van der Waals surface area contributed by atoms with Crippen molar-refractivity contribution in [3.05, 3.63) is 106 Å². The van der Waals surface area contributed by atoms with Gasteiger partial charge in [0.05, 0.1) is 43.4 Å². The molecule has 6 atom stereocenters. The van der Waals surface area contributed by atoms with Gasteiger partial charge in [0, 0.05) is 40.1 Å². The molecule has 2 N–H and O–H groups in total. The van der Waals surface area contributed by atoms with E-state index in [4.69, 9.17) is 14.2 Å². The van der Waals surface area contributed by atoms with Crippen molar-refractivity contribution in [2.75, 3.05) is 20.8 Å². The topological polar surface area (TPSA) is 123 Å². The van der Waals surface area contributed by atoms with E-state index in [9.17, 15) is 33.0 Å². The lowest BCUT2D eigenvalue weighted by molar-refractivity contribution is -0.178. The minimum atomic E-state index is -4.66. The quantitative estimate of drug-likeness (QED) is 0.124. The summed E-state index contributed by atoms with van der Waals surface area (Å²) in [6.07, 6.45) is 0.484. The standard InChI is InChI=1S/C49H58F3NO8/c1-30-10-9-20-45(4)39(37-18-14-31(24-35(54)16-13-30)25-38(37)41(55)32-11-8-12-34(26-32)49(50,51)52)19-21-47(45,58)29-53(28-33-15-17-36(59-6)27-40(33)60-7)42(56)48-23-22-46(5,43(57)61-48)44(48,2)3/h8,10-12,14-15,17-18,25-27,35,39,54,58H,9,13,16,19-24,28-29H2,1-7H3/t35-,39-,45-,46-,47+,48+/m0/s1. The molecule has 1 aliphatic heterocycles. The smallest absolute Gasteiger partial charge is 0.416 e. The van der Waals surface area contributed by atoms with E-state index in [-0.39, 0.29) is 37.1 Å². The number of nitrogens with zero attached hydrogens (tertiary/aromatic N) is 1. The Hall–Kier alpha value is -4.68. The second-order valence-electron chi connectivity index (χ2n) is 18.9. The molecule has 5 aliphatic rings. The third-order valence-electron chi connectivity index (χ3n) is 15.4. The van der Waals surface area contributed by atoms with Crippen molar-refractivity contribution in [3.63, 3.8) is 0 Å². The van der Waals surface area contributed by atoms with Crippen LogP contribution in [0.2, 0.25) is 0 Å². The van der Waals surface area contributed by atoms with Gasteiger partial charge in [0.15, 0.2) is 11.4 Å². The van der Waals surface area contributed by atoms with Crippen LogP contribution in [0.25, 0.3) is 0 Å². The maximum atomic E-state index is 15.4. The molecular weight excluding hydrogens is 788 g/mol. The maximum Gasteiger partial charge on any atom is 0.416 e. The van der Waals surface area contributed by atoms with Crippen LogP contribution in [0.5, 0.6) is 11.5 Å². The van der Waals surface area contributed by atoms with E-state index in [0.717, 1.165) is 17.7 Å². The fraction of sp³-hybridized carbons (Fsp3) is 0.531. The first-order chi connectivity index (χ1) is 28.6. The van der Waals surface area contributed by atoms with Crippen molar-refractivity contribution >= 4 is 17.7 Å². The van der Waals surface area contributed by atoms with Gasteiger partial charge in [-0.05, 0) is 119 Å². The zero-order valence-electron chi connectivity index (χ0n) is 36.2. The highest BCUT2D eigenvalue weighted by atomic mass is 19.4. The number of alkyl halides is 3. The Balaban J connectivity index is 1.35. The lowest BCUT2D eigenvalue weighted by atomic mass is 9.64. The molecule has 0 spiro atoms. The molecule has 9 nitrogen and oxygen atoms in total. The van der Waals surface area contributed by atoms with E-state index in [0.29, 0.717) is 73.1 Å². The fourth-order valence-electron chi connectivity index (χ4n) is 10.9. The van der Waals surface area contributed by atoms with Gasteiger partial charge in [0.2, 0.25) is 0 Å². The second-order valence-corrected chi connectivity index (χ2v) is 18.9. The molecule has 3 aromatic rings.